The van der Waals surface area contributed by atoms with Crippen LogP contribution in [-0.2, 0) is 23.6 Å². The summed E-state index contributed by atoms with van der Waals surface area (Å²) in [6.07, 6.45) is 2.67. The molecule has 3 rings (SSSR count). The van der Waals surface area contributed by atoms with Crippen LogP contribution < -0.4 is 5.32 Å². The highest BCUT2D eigenvalue weighted by molar-refractivity contribution is 7.85. The molecule has 1 N–H and O–H groups in total. The zero-order chi connectivity index (χ0) is 13.9. The number of nitrogens with one attached hydrogen (secondary N) is 1. The third kappa shape index (κ3) is 3.03. The zero-order valence-electron chi connectivity index (χ0n) is 11.5. The second kappa shape index (κ2) is 5.95. The second-order valence-corrected chi connectivity index (χ2v) is 7.12. The highest BCUT2D eigenvalue weighted by atomic mass is 32.2. The van der Waals surface area contributed by atoms with E-state index < -0.39 is 10.8 Å². The lowest BCUT2D eigenvalue weighted by molar-refractivity contribution is 0.197. The van der Waals surface area contributed by atoms with Gasteiger partial charge in [-0.3, -0.25) is 4.21 Å². The molecule has 0 saturated carbocycles. The van der Waals surface area contributed by atoms with Crippen LogP contribution in [0.5, 0.6) is 0 Å². The maximum Gasteiger partial charge on any atom is 0.317 e. The van der Waals surface area contributed by atoms with Crippen molar-refractivity contribution in [3.05, 3.63) is 35.4 Å². The number of carbonyl (C=O) groups excluding carboxylic acids is 1. The summed E-state index contributed by atoms with van der Waals surface area (Å²) >= 11 is 0. The number of amides is 2. The molecule has 1 aromatic carbocycles. The zero-order valence-corrected chi connectivity index (χ0v) is 12.3. The van der Waals surface area contributed by atoms with E-state index in [1.54, 1.807) is 0 Å². The highest BCUT2D eigenvalue weighted by Crippen LogP contribution is 2.16. The molecule has 0 unspecified atom stereocenters. The van der Waals surface area contributed by atoms with Gasteiger partial charge in [-0.25, -0.2) is 4.79 Å². The Morgan fingerprint density at radius 2 is 1.85 bits per heavy atom. The fourth-order valence-corrected chi connectivity index (χ4v) is 4.33. The Kier molecular flexibility index (Phi) is 4.05. The van der Waals surface area contributed by atoms with Gasteiger partial charge in [0.25, 0.3) is 0 Å². The fraction of sp³-hybridized carbons (Fsp3) is 0.533. The fourth-order valence-electron chi connectivity index (χ4n) is 2.92. The standard InChI is InChI=1S/C15H20N2O2S/c18-15(16-14-7-10-20(19)11-14)17-8-5-12-3-1-2-4-13(12)6-9-17/h1-4,14H,5-11H2,(H,16,18)/t14-,20-/m1/s1. The van der Waals surface area contributed by atoms with Crippen LogP contribution in [-0.4, -0.2) is 45.8 Å². The number of fused-ring (bicyclic) bond motifs is 1. The molecule has 20 heavy (non-hydrogen) atoms. The molecule has 4 nitrogen and oxygen atoms in total. The van der Waals surface area contributed by atoms with Crippen molar-refractivity contribution in [2.45, 2.75) is 25.3 Å². The molecular formula is C15H20N2O2S. The van der Waals surface area contributed by atoms with Crippen LogP contribution in [0.3, 0.4) is 0 Å². The van der Waals surface area contributed by atoms with Crippen LogP contribution in [0.2, 0.25) is 0 Å². The van der Waals surface area contributed by atoms with Gasteiger partial charge in [-0.05, 0) is 30.4 Å². The minimum absolute atomic E-state index is 0.00158. The lowest BCUT2D eigenvalue weighted by Gasteiger charge is -2.23. The van der Waals surface area contributed by atoms with Gasteiger partial charge in [-0.15, -0.1) is 0 Å². The van der Waals surface area contributed by atoms with Crippen LogP contribution in [0.25, 0.3) is 0 Å². The highest BCUT2D eigenvalue weighted by Gasteiger charge is 2.25. The van der Waals surface area contributed by atoms with Gasteiger partial charge in [0.05, 0.1) is 0 Å². The van der Waals surface area contributed by atoms with E-state index in [9.17, 15) is 9.00 Å². The van der Waals surface area contributed by atoms with Gasteiger partial charge < -0.3 is 10.2 Å². The second-order valence-electron chi connectivity index (χ2n) is 5.50. The summed E-state index contributed by atoms with van der Waals surface area (Å²) in [5.74, 6) is 1.33. The molecule has 1 saturated heterocycles. The maximum atomic E-state index is 12.3. The van der Waals surface area contributed by atoms with Crippen LogP contribution in [0.15, 0.2) is 24.3 Å². The smallest absolute Gasteiger partial charge is 0.317 e. The molecule has 0 aromatic heterocycles. The van der Waals surface area contributed by atoms with Crippen molar-refractivity contribution >= 4 is 16.8 Å². The molecule has 0 aliphatic carbocycles. The van der Waals surface area contributed by atoms with E-state index in [0.717, 1.165) is 38.1 Å². The van der Waals surface area contributed by atoms with E-state index >= 15 is 0 Å². The molecule has 1 fully saturated rings. The molecule has 2 atom stereocenters. The molecule has 0 radical (unpaired) electrons. The molecule has 108 valence electrons. The Hall–Kier alpha value is -1.36. The first-order valence-electron chi connectivity index (χ1n) is 7.19. The van der Waals surface area contributed by atoms with Crippen molar-refractivity contribution in [2.75, 3.05) is 24.6 Å². The van der Waals surface area contributed by atoms with E-state index in [1.165, 1.54) is 11.1 Å². The number of hydrogen-bond acceptors (Lipinski definition) is 2. The van der Waals surface area contributed by atoms with Gasteiger partial charge in [0, 0.05) is 41.4 Å². The Morgan fingerprint density at radius 1 is 1.20 bits per heavy atom. The lowest BCUT2D eigenvalue weighted by atomic mass is 10.0. The SMILES string of the molecule is O=C(N[C@@H]1CC[S@@](=O)C1)N1CCc2ccccc2CC1. The van der Waals surface area contributed by atoms with Crippen LogP contribution in [0, 0.1) is 0 Å². The number of benzene rings is 1. The topological polar surface area (TPSA) is 49.4 Å². The molecule has 2 aliphatic rings. The molecule has 2 aliphatic heterocycles. The van der Waals surface area contributed by atoms with Crippen molar-refractivity contribution in [3.8, 4) is 0 Å². The first-order chi connectivity index (χ1) is 9.72. The van der Waals surface area contributed by atoms with Gasteiger partial charge in [-0.2, -0.15) is 0 Å². The quantitative estimate of drug-likeness (QED) is 0.848. The summed E-state index contributed by atoms with van der Waals surface area (Å²) < 4.78 is 11.4. The summed E-state index contributed by atoms with van der Waals surface area (Å²) in [6.45, 7) is 1.53. The van der Waals surface area contributed by atoms with Gasteiger partial charge in [-0.1, -0.05) is 24.3 Å². The van der Waals surface area contributed by atoms with Gasteiger partial charge in [0.15, 0.2) is 0 Å². The molecule has 2 heterocycles. The van der Waals surface area contributed by atoms with E-state index in [0.29, 0.717) is 5.75 Å². The number of rotatable bonds is 1. The van der Waals surface area contributed by atoms with Crippen molar-refractivity contribution in [2.24, 2.45) is 0 Å². The average Bonchev–Trinajstić information content (AvgIpc) is 2.74. The van der Waals surface area contributed by atoms with Crippen LogP contribution >= 0.6 is 0 Å². The van der Waals surface area contributed by atoms with Crippen LogP contribution in [0.1, 0.15) is 17.5 Å². The van der Waals surface area contributed by atoms with Crippen molar-refractivity contribution in [1.29, 1.82) is 0 Å². The normalized spacial score (nSPS) is 25.9. The van der Waals surface area contributed by atoms with Gasteiger partial charge in [0.1, 0.15) is 0 Å². The summed E-state index contributed by atoms with van der Waals surface area (Å²) in [6, 6.07) is 8.51. The molecule has 1 aromatic rings. The number of urea groups is 1. The lowest BCUT2D eigenvalue weighted by Crippen LogP contribution is -2.46. The maximum absolute atomic E-state index is 12.3. The first-order valence-corrected chi connectivity index (χ1v) is 8.68. The summed E-state index contributed by atoms with van der Waals surface area (Å²) in [5.41, 5.74) is 2.70. The summed E-state index contributed by atoms with van der Waals surface area (Å²) in [7, 11) is -0.743. The van der Waals surface area contributed by atoms with E-state index in [-0.39, 0.29) is 12.1 Å². The molecule has 0 spiro atoms. The third-order valence-electron chi connectivity index (χ3n) is 4.12. The Bertz CT molecular complexity index is 505. The largest absolute Gasteiger partial charge is 0.334 e. The van der Waals surface area contributed by atoms with Gasteiger partial charge >= 0.3 is 6.03 Å². The van der Waals surface area contributed by atoms with Crippen LogP contribution in [0.4, 0.5) is 4.79 Å². The minimum atomic E-state index is -0.743. The van der Waals surface area contributed by atoms with Crippen molar-refractivity contribution in [3.63, 3.8) is 0 Å². The van der Waals surface area contributed by atoms with E-state index in [4.69, 9.17) is 0 Å². The Morgan fingerprint density at radius 3 is 2.40 bits per heavy atom. The average molecular weight is 292 g/mol. The Balaban J connectivity index is 1.59. The third-order valence-corrected chi connectivity index (χ3v) is 5.58. The number of carbonyl (C=O) groups is 1. The number of hydrogen-bond donors (Lipinski definition) is 1. The van der Waals surface area contributed by atoms with Crippen molar-refractivity contribution in [1.82, 2.24) is 10.2 Å². The number of nitrogens with zero attached hydrogens (tertiary/aromatic N) is 1. The molecule has 2 amide bonds. The molecular weight excluding hydrogens is 272 g/mol. The predicted molar refractivity (Wildman–Crippen MR) is 80.2 cm³/mol. The van der Waals surface area contributed by atoms with E-state index in [2.05, 4.69) is 29.6 Å². The first kappa shape index (κ1) is 13.6. The van der Waals surface area contributed by atoms with Crippen molar-refractivity contribution < 1.29 is 9.00 Å². The minimum Gasteiger partial charge on any atom is -0.334 e. The summed E-state index contributed by atoms with van der Waals surface area (Å²) in [4.78, 5) is 14.2. The van der Waals surface area contributed by atoms with E-state index in [1.807, 2.05) is 4.90 Å². The molecule has 5 heteroatoms. The summed E-state index contributed by atoms with van der Waals surface area (Å²) in [5, 5.41) is 3.03. The Labute approximate surface area is 122 Å². The molecule has 0 bridgehead atoms. The van der Waals surface area contributed by atoms with Gasteiger partial charge in [0.2, 0.25) is 0 Å². The predicted octanol–water partition coefficient (Wildman–Crippen LogP) is 1.32. The monoisotopic (exact) mass is 292 g/mol.